The molecule has 0 bridgehead atoms. The molecule has 106 valence electrons. The van der Waals surface area contributed by atoms with Crippen molar-refractivity contribution in [2.75, 3.05) is 39.5 Å². The van der Waals surface area contributed by atoms with Crippen molar-refractivity contribution in [1.29, 1.82) is 0 Å². The van der Waals surface area contributed by atoms with E-state index in [1.165, 1.54) is 38.9 Å². The highest BCUT2D eigenvalue weighted by molar-refractivity contribution is 4.88. The summed E-state index contributed by atoms with van der Waals surface area (Å²) in [6, 6.07) is 0. The Morgan fingerprint density at radius 3 is 2.44 bits per heavy atom. The lowest BCUT2D eigenvalue weighted by molar-refractivity contribution is -0.00928. The minimum absolute atomic E-state index is 0.00709. The molecular formula is C15H29NO2. The van der Waals surface area contributed by atoms with Crippen molar-refractivity contribution >= 4 is 0 Å². The highest BCUT2D eigenvalue weighted by Crippen LogP contribution is 2.38. The third-order valence-electron chi connectivity index (χ3n) is 4.26. The number of nitrogens with zero attached hydrogens (tertiary/aromatic N) is 1. The van der Waals surface area contributed by atoms with Crippen LogP contribution in [0, 0.1) is 5.41 Å². The molecule has 0 aromatic rings. The summed E-state index contributed by atoms with van der Waals surface area (Å²) in [4.78, 5) is 2.59. The molecule has 0 aromatic carbocycles. The first-order valence-corrected chi connectivity index (χ1v) is 7.43. The predicted molar refractivity (Wildman–Crippen MR) is 73.9 cm³/mol. The van der Waals surface area contributed by atoms with Gasteiger partial charge in [0.25, 0.3) is 0 Å². The van der Waals surface area contributed by atoms with Crippen LogP contribution >= 0.6 is 0 Å². The van der Waals surface area contributed by atoms with Gasteiger partial charge in [0.15, 0.2) is 0 Å². The Morgan fingerprint density at radius 2 is 1.89 bits per heavy atom. The van der Waals surface area contributed by atoms with Gasteiger partial charge >= 0.3 is 0 Å². The molecule has 2 rings (SSSR count). The van der Waals surface area contributed by atoms with Gasteiger partial charge in [-0.25, -0.2) is 0 Å². The average Bonchev–Trinajstić information content (AvgIpc) is 2.75. The van der Waals surface area contributed by atoms with Crippen molar-refractivity contribution in [2.24, 2.45) is 5.41 Å². The van der Waals surface area contributed by atoms with Crippen LogP contribution in [0.2, 0.25) is 0 Å². The van der Waals surface area contributed by atoms with E-state index in [0.29, 0.717) is 5.41 Å². The molecule has 0 aromatic heterocycles. The zero-order chi connectivity index (χ0) is 13.1. The van der Waals surface area contributed by atoms with Crippen LogP contribution in [-0.4, -0.2) is 50.0 Å². The van der Waals surface area contributed by atoms with Crippen molar-refractivity contribution in [3.05, 3.63) is 0 Å². The lowest BCUT2D eigenvalue weighted by Crippen LogP contribution is -2.41. The number of hydrogen-bond acceptors (Lipinski definition) is 3. The minimum atomic E-state index is 0.00709. The van der Waals surface area contributed by atoms with Crippen molar-refractivity contribution in [3.8, 4) is 0 Å². The van der Waals surface area contributed by atoms with Gasteiger partial charge in [0.1, 0.15) is 0 Å². The molecule has 0 radical (unpaired) electrons. The normalized spacial score (nSPS) is 24.8. The van der Waals surface area contributed by atoms with Crippen LogP contribution in [0.5, 0.6) is 0 Å². The molecule has 0 aliphatic carbocycles. The van der Waals surface area contributed by atoms with E-state index in [4.69, 9.17) is 9.47 Å². The van der Waals surface area contributed by atoms with Gasteiger partial charge in [0, 0.05) is 19.8 Å². The second-order valence-corrected chi connectivity index (χ2v) is 6.96. The predicted octanol–water partition coefficient (Wildman–Crippen LogP) is 2.69. The highest BCUT2D eigenvalue weighted by Gasteiger charge is 2.37. The quantitative estimate of drug-likeness (QED) is 0.721. The topological polar surface area (TPSA) is 21.7 Å². The van der Waals surface area contributed by atoms with E-state index < -0.39 is 0 Å². The summed E-state index contributed by atoms with van der Waals surface area (Å²) in [5, 5.41) is 0. The summed E-state index contributed by atoms with van der Waals surface area (Å²) in [5.74, 6) is 0. The monoisotopic (exact) mass is 255 g/mol. The van der Waals surface area contributed by atoms with Gasteiger partial charge in [-0.2, -0.15) is 0 Å². The highest BCUT2D eigenvalue weighted by atomic mass is 16.5. The molecule has 2 heterocycles. The van der Waals surface area contributed by atoms with Crippen molar-refractivity contribution in [2.45, 2.75) is 52.1 Å². The van der Waals surface area contributed by atoms with E-state index in [9.17, 15) is 0 Å². The van der Waals surface area contributed by atoms with Gasteiger partial charge in [0.2, 0.25) is 0 Å². The summed E-state index contributed by atoms with van der Waals surface area (Å²) in [7, 11) is 0. The maximum absolute atomic E-state index is 5.77. The maximum atomic E-state index is 5.77. The Morgan fingerprint density at radius 1 is 1.17 bits per heavy atom. The van der Waals surface area contributed by atoms with E-state index in [-0.39, 0.29) is 5.60 Å². The largest absolute Gasteiger partial charge is 0.381 e. The van der Waals surface area contributed by atoms with Crippen molar-refractivity contribution < 1.29 is 9.47 Å². The fourth-order valence-corrected chi connectivity index (χ4v) is 2.96. The van der Waals surface area contributed by atoms with E-state index in [1.807, 2.05) is 0 Å². The minimum Gasteiger partial charge on any atom is -0.381 e. The second-order valence-electron chi connectivity index (χ2n) is 6.96. The first-order valence-electron chi connectivity index (χ1n) is 7.43. The van der Waals surface area contributed by atoms with Gasteiger partial charge in [-0.3, -0.25) is 0 Å². The first-order chi connectivity index (χ1) is 8.49. The lowest BCUT2D eigenvalue weighted by Gasteiger charge is -2.38. The summed E-state index contributed by atoms with van der Waals surface area (Å²) in [6.07, 6.45) is 5.09. The summed E-state index contributed by atoms with van der Waals surface area (Å²) < 4.78 is 11.3. The van der Waals surface area contributed by atoms with Gasteiger partial charge in [-0.05, 0) is 65.0 Å². The number of piperidine rings is 1. The Labute approximate surface area is 112 Å². The standard InChI is InChI=1S/C15H29NO2/c1-14(2,3)18-11-4-8-16-9-5-15(6-10-16)7-12-17-13-15/h4-13H2,1-3H3. The molecular weight excluding hydrogens is 226 g/mol. The molecule has 2 fully saturated rings. The summed E-state index contributed by atoms with van der Waals surface area (Å²) in [5.41, 5.74) is 0.547. The molecule has 3 heteroatoms. The van der Waals surface area contributed by atoms with Gasteiger partial charge in [0.05, 0.1) is 12.2 Å². The third-order valence-corrected chi connectivity index (χ3v) is 4.26. The molecule has 2 saturated heterocycles. The fourth-order valence-electron chi connectivity index (χ4n) is 2.96. The molecule has 0 saturated carbocycles. The van der Waals surface area contributed by atoms with Gasteiger partial charge in [-0.1, -0.05) is 0 Å². The zero-order valence-electron chi connectivity index (χ0n) is 12.3. The lowest BCUT2D eigenvalue weighted by atomic mass is 9.78. The zero-order valence-corrected chi connectivity index (χ0v) is 12.3. The molecule has 1 spiro atoms. The van der Waals surface area contributed by atoms with Crippen LogP contribution in [0.3, 0.4) is 0 Å². The van der Waals surface area contributed by atoms with Crippen molar-refractivity contribution in [1.82, 2.24) is 4.90 Å². The van der Waals surface area contributed by atoms with E-state index in [2.05, 4.69) is 25.7 Å². The van der Waals surface area contributed by atoms with Crippen LogP contribution < -0.4 is 0 Å². The van der Waals surface area contributed by atoms with Crippen molar-refractivity contribution in [3.63, 3.8) is 0 Å². The van der Waals surface area contributed by atoms with Gasteiger partial charge in [-0.15, -0.1) is 0 Å². The number of ether oxygens (including phenoxy) is 2. The van der Waals surface area contributed by atoms with Crippen LogP contribution in [0.15, 0.2) is 0 Å². The van der Waals surface area contributed by atoms with Crippen LogP contribution in [0.4, 0.5) is 0 Å². The van der Waals surface area contributed by atoms with Gasteiger partial charge < -0.3 is 14.4 Å². The second kappa shape index (κ2) is 5.89. The first kappa shape index (κ1) is 14.3. The van der Waals surface area contributed by atoms with Crippen LogP contribution in [0.25, 0.3) is 0 Å². The summed E-state index contributed by atoms with van der Waals surface area (Å²) in [6.45, 7) is 12.9. The number of likely N-dealkylation sites (tertiary alicyclic amines) is 1. The van der Waals surface area contributed by atoms with E-state index in [0.717, 1.165) is 26.2 Å². The smallest absolute Gasteiger partial charge is 0.0598 e. The van der Waals surface area contributed by atoms with Crippen LogP contribution in [0.1, 0.15) is 46.5 Å². The number of rotatable bonds is 4. The molecule has 2 aliphatic rings. The molecule has 0 atom stereocenters. The molecule has 0 N–H and O–H groups in total. The molecule has 0 unspecified atom stereocenters. The molecule has 3 nitrogen and oxygen atoms in total. The molecule has 0 amide bonds. The molecule has 18 heavy (non-hydrogen) atoms. The molecule has 2 aliphatic heterocycles. The van der Waals surface area contributed by atoms with E-state index >= 15 is 0 Å². The number of hydrogen-bond donors (Lipinski definition) is 0. The Balaban J connectivity index is 1.59. The third kappa shape index (κ3) is 4.22. The summed E-state index contributed by atoms with van der Waals surface area (Å²) >= 11 is 0. The Kier molecular flexibility index (Phi) is 4.68. The Bertz CT molecular complexity index is 244. The average molecular weight is 255 g/mol. The van der Waals surface area contributed by atoms with E-state index in [1.54, 1.807) is 0 Å². The Hall–Kier alpha value is -0.120. The SMILES string of the molecule is CC(C)(C)OCCCN1CCC2(CCOC2)CC1. The maximum Gasteiger partial charge on any atom is 0.0598 e. The fraction of sp³-hybridized carbons (Fsp3) is 1.00. The van der Waals surface area contributed by atoms with Crippen LogP contribution in [-0.2, 0) is 9.47 Å².